The highest BCUT2D eigenvalue weighted by atomic mass is 28.3. The van der Waals surface area contributed by atoms with Crippen molar-refractivity contribution < 1.29 is 5.11 Å². The van der Waals surface area contributed by atoms with Gasteiger partial charge in [0.15, 0.2) is 0 Å². The van der Waals surface area contributed by atoms with E-state index < -0.39 is 8.07 Å². The molecule has 3 heteroatoms. The lowest BCUT2D eigenvalue weighted by Crippen LogP contribution is -2.49. The summed E-state index contributed by atoms with van der Waals surface area (Å²) in [6, 6.07) is 43.5. The molecule has 0 atom stereocenters. The van der Waals surface area contributed by atoms with Crippen molar-refractivity contribution in [2.75, 3.05) is 4.90 Å². The number of nitrogens with zero attached hydrogens (tertiary/aromatic N) is 1. The summed E-state index contributed by atoms with van der Waals surface area (Å²) in [5.41, 5.74) is 6.22. The fourth-order valence-electron chi connectivity index (χ4n) is 6.80. The number of rotatable bonds is 3. The minimum atomic E-state index is -1.83. The largest absolute Gasteiger partial charge is 0.507 e. The van der Waals surface area contributed by atoms with Gasteiger partial charge in [-0.2, -0.15) is 0 Å². The predicted octanol–water partition coefficient (Wildman–Crippen LogP) is 8.56. The number of hydrogen-bond acceptors (Lipinski definition) is 2. The number of phenols is 1. The topological polar surface area (TPSA) is 23.5 Å². The second-order valence-electron chi connectivity index (χ2n) is 11.2. The predicted molar refractivity (Wildman–Crippen MR) is 169 cm³/mol. The molecule has 0 saturated heterocycles. The number of fused-ring (bicyclic) bond motifs is 3. The van der Waals surface area contributed by atoms with Crippen LogP contribution in [0.25, 0.3) is 43.4 Å². The highest BCUT2D eigenvalue weighted by Crippen LogP contribution is 2.45. The van der Waals surface area contributed by atoms with E-state index in [4.69, 9.17) is 0 Å². The van der Waals surface area contributed by atoms with E-state index in [9.17, 15) is 5.11 Å². The summed E-state index contributed by atoms with van der Waals surface area (Å²) in [6.45, 7) is 4.94. The van der Waals surface area contributed by atoms with E-state index in [0.29, 0.717) is 5.75 Å². The van der Waals surface area contributed by atoms with Crippen molar-refractivity contribution in [2.24, 2.45) is 0 Å². The van der Waals surface area contributed by atoms with E-state index in [1.54, 1.807) is 6.07 Å². The maximum absolute atomic E-state index is 10.7. The Balaban J connectivity index is 1.42. The maximum atomic E-state index is 10.7. The normalized spacial score (nSPS) is 13.7. The van der Waals surface area contributed by atoms with E-state index in [1.165, 1.54) is 43.3 Å². The van der Waals surface area contributed by atoms with Gasteiger partial charge in [0.2, 0.25) is 0 Å². The van der Waals surface area contributed by atoms with Crippen molar-refractivity contribution in [1.82, 2.24) is 0 Å². The van der Waals surface area contributed by atoms with Crippen LogP contribution < -0.4 is 15.3 Å². The van der Waals surface area contributed by atoms with Gasteiger partial charge in [-0.25, -0.2) is 0 Å². The monoisotopic (exact) mass is 517 g/mol. The highest BCUT2D eigenvalue weighted by Gasteiger charge is 2.37. The summed E-state index contributed by atoms with van der Waals surface area (Å²) >= 11 is 0. The Kier molecular flexibility index (Phi) is 4.56. The molecule has 0 bridgehead atoms. The summed E-state index contributed by atoms with van der Waals surface area (Å²) in [7, 11) is -1.83. The molecule has 0 unspecified atom stereocenters. The molecule has 39 heavy (non-hydrogen) atoms. The third-order valence-electron chi connectivity index (χ3n) is 8.70. The van der Waals surface area contributed by atoms with Gasteiger partial charge in [-0.1, -0.05) is 98.0 Å². The van der Waals surface area contributed by atoms with Crippen LogP contribution in [0, 0.1) is 0 Å². The molecule has 0 aromatic heterocycles. The van der Waals surface area contributed by atoms with Gasteiger partial charge in [0, 0.05) is 27.5 Å². The molecule has 186 valence electrons. The van der Waals surface area contributed by atoms with Crippen LogP contribution in [0.3, 0.4) is 0 Å². The number of aromatic hydroxyl groups is 1. The Morgan fingerprint density at radius 1 is 0.538 bits per heavy atom. The van der Waals surface area contributed by atoms with Crippen molar-refractivity contribution >= 4 is 67.8 Å². The van der Waals surface area contributed by atoms with E-state index in [2.05, 4.69) is 121 Å². The zero-order valence-corrected chi connectivity index (χ0v) is 22.9. The fraction of sp³-hybridized carbons (Fsp3) is 0.0556. The van der Waals surface area contributed by atoms with Gasteiger partial charge >= 0.3 is 0 Å². The molecule has 2 nitrogen and oxygen atoms in total. The van der Waals surface area contributed by atoms with Crippen LogP contribution in [0.15, 0.2) is 121 Å². The lowest BCUT2D eigenvalue weighted by Gasteiger charge is -2.29. The number of benzene rings is 7. The van der Waals surface area contributed by atoms with Gasteiger partial charge in [0.1, 0.15) is 13.8 Å². The molecule has 0 amide bonds. The molecule has 1 aliphatic rings. The molecule has 1 heterocycles. The van der Waals surface area contributed by atoms with Crippen LogP contribution in [0.2, 0.25) is 13.1 Å². The minimum Gasteiger partial charge on any atom is -0.507 e. The van der Waals surface area contributed by atoms with Crippen LogP contribution in [0.1, 0.15) is 0 Å². The molecule has 0 spiro atoms. The summed E-state index contributed by atoms with van der Waals surface area (Å²) in [4.78, 5) is 2.40. The Hall–Kier alpha value is -4.60. The summed E-state index contributed by atoms with van der Waals surface area (Å²) in [6.07, 6.45) is 0. The van der Waals surface area contributed by atoms with Crippen molar-refractivity contribution in [3.8, 4) is 16.9 Å². The molecular weight excluding hydrogens is 490 g/mol. The molecule has 1 aliphatic heterocycles. The van der Waals surface area contributed by atoms with Crippen LogP contribution in [0.5, 0.6) is 5.75 Å². The Morgan fingerprint density at radius 2 is 1.18 bits per heavy atom. The Bertz CT molecular complexity index is 2060. The lowest BCUT2D eigenvalue weighted by molar-refractivity contribution is 0.482. The Morgan fingerprint density at radius 3 is 2.00 bits per heavy atom. The van der Waals surface area contributed by atoms with Gasteiger partial charge in [-0.3, -0.25) is 0 Å². The van der Waals surface area contributed by atoms with E-state index in [0.717, 1.165) is 27.5 Å². The molecule has 0 saturated carbocycles. The van der Waals surface area contributed by atoms with Gasteiger partial charge < -0.3 is 10.0 Å². The summed E-state index contributed by atoms with van der Waals surface area (Å²) in [5.74, 6) is 0.326. The summed E-state index contributed by atoms with van der Waals surface area (Å²) < 4.78 is 0. The van der Waals surface area contributed by atoms with Crippen molar-refractivity contribution in [2.45, 2.75) is 13.1 Å². The van der Waals surface area contributed by atoms with Crippen molar-refractivity contribution in [1.29, 1.82) is 0 Å². The first-order chi connectivity index (χ1) is 19.0. The van der Waals surface area contributed by atoms with Gasteiger partial charge in [0.25, 0.3) is 0 Å². The third-order valence-corrected chi connectivity index (χ3v) is 12.2. The van der Waals surface area contributed by atoms with Crippen LogP contribution in [-0.4, -0.2) is 13.2 Å². The molecule has 0 radical (unpaired) electrons. The molecule has 7 aromatic rings. The van der Waals surface area contributed by atoms with Crippen molar-refractivity contribution in [3.05, 3.63) is 121 Å². The SMILES string of the molecule is C[Si]1(C)c2ccccc2-c2ccc(N(c3ccccc3)c3ccc4ccc5c(O)ccc6ccc3c4c65)cc21. The third kappa shape index (κ3) is 3.08. The molecule has 8 rings (SSSR count). The van der Waals surface area contributed by atoms with E-state index in [1.807, 2.05) is 12.1 Å². The van der Waals surface area contributed by atoms with Crippen LogP contribution in [-0.2, 0) is 0 Å². The average Bonchev–Trinajstić information content (AvgIpc) is 3.20. The van der Waals surface area contributed by atoms with Gasteiger partial charge in [-0.05, 0) is 74.1 Å². The molecule has 1 N–H and O–H groups in total. The number of para-hydroxylation sites is 1. The number of hydrogen-bond donors (Lipinski definition) is 1. The smallest absolute Gasteiger partial charge is 0.123 e. The molecule has 0 fully saturated rings. The van der Waals surface area contributed by atoms with Crippen LogP contribution >= 0.6 is 0 Å². The van der Waals surface area contributed by atoms with Gasteiger partial charge in [-0.15, -0.1) is 0 Å². The van der Waals surface area contributed by atoms with E-state index in [-0.39, 0.29) is 0 Å². The molecular formula is C36H27NOSi. The van der Waals surface area contributed by atoms with E-state index >= 15 is 0 Å². The van der Waals surface area contributed by atoms with Crippen molar-refractivity contribution in [3.63, 3.8) is 0 Å². The van der Waals surface area contributed by atoms with Crippen LogP contribution in [0.4, 0.5) is 17.1 Å². The zero-order valence-electron chi connectivity index (χ0n) is 21.9. The average molecular weight is 518 g/mol. The number of phenolic OH excluding ortho intramolecular Hbond substituents is 1. The first-order valence-electron chi connectivity index (χ1n) is 13.5. The summed E-state index contributed by atoms with van der Waals surface area (Å²) in [5, 5.41) is 20.4. The number of anilines is 3. The minimum absolute atomic E-state index is 0.326. The first-order valence-corrected chi connectivity index (χ1v) is 16.5. The Labute approximate surface area is 228 Å². The molecule has 0 aliphatic carbocycles. The lowest BCUT2D eigenvalue weighted by atomic mass is 9.92. The van der Waals surface area contributed by atoms with Gasteiger partial charge in [0.05, 0.1) is 5.69 Å². The standard InChI is InChI=1S/C36H27NOSi/c1-39(2)33-11-7-6-10-27(33)28-19-16-26(22-34(28)39)37(25-8-4-3-5-9-25)31-20-14-23-13-18-30-32(38)21-15-24-12-17-29(31)35(23)36(24)30/h3-22,38H,1-2H3. The molecule has 7 aromatic carbocycles. The fourth-order valence-corrected chi connectivity index (χ4v) is 9.90. The highest BCUT2D eigenvalue weighted by molar-refractivity contribution is 7.03. The first kappa shape index (κ1) is 22.4. The quantitative estimate of drug-likeness (QED) is 0.187. The second-order valence-corrected chi connectivity index (χ2v) is 15.5. The zero-order chi connectivity index (χ0) is 26.3. The maximum Gasteiger partial charge on any atom is 0.123 e. The second kappa shape index (κ2) is 7.95.